The zero-order valence-corrected chi connectivity index (χ0v) is 13.3. The van der Waals surface area contributed by atoms with E-state index in [2.05, 4.69) is 45.3 Å². The molecule has 1 atom stereocenters. The first-order chi connectivity index (χ1) is 8.82. The van der Waals surface area contributed by atoms with Gasteiger partial charge in [0.1, 0.15) is 0 Å². The lowest BCUT2D eigenvalue weighted by atomic mass is 10.0. The third kappa shape index (κ3) is 5.91. The van der Waals surface area contributed by atoms with Crippen molar-refractivity contribution in [1.29, 1.82) is 0 Å². The number of nitrogens with one attached hydrogen (secondary N) is 2. The fraction of sp³-hybridized carbons (Fsp3) is 0.933. The van der Waals surface area contributed by atoms with Gasteiger partial charge < -0.3 is 15.5 Å². The average Bonchev–Trinajstić information content (AvgIpc) is 2.71. The molecule has 1 amide bonds. The number of nitrogens with zero attached hydrogens (tertiary/aromatic N) is 1. The molecule has 0 saturated carbocycles. The zero-order valence-electron chi connectivity index (χ0n) is 13.3. The molecular formula is C15H31N3O. The van der Waals surface area contributed by atoms with Gasteiger partial charge in [0.15, 0.2) is 0 Å². The molecule has 1 saturated heterocycles. The van der Waals surface area contributed by atoms with Gasteiger partial charge in [0, 0.05) is 25.2 Å². The highest BCUT2D eigenvalue weighted by atomic mass is 16.2. The van der Waals surface area contributed by atoms with Crippen molar-refractivity contribution in [2.45, 2.75) is 46.6 Å². The highest BCUT2D eigenvalue weighted by molar-refractivity contribution is 5.78. The van der Waals surface area contributed by atoms with Gasteiger partial charge in [-0.2, -0.15) is 0 Å². The summed E-state index contributed by atoms with van der Waals surface area (Å²) in [6.07, 6.45) is 1.09. The maximum absolute atomic E-state index is 12.4. The lowest BCUT2D eigenvalue weighted by Crippen LogP contribution is -2.50. The normalized spacial score (nSPS) is 23.3. The van der Waals surface area contributed by atoms with Gasteiger partial charge in [-0.3, -0.25) is 4.79 Å². The van der Waals surface area contributed by atoms with Gasteiger partial charge >= 0.3 is 0 Å². The van der Waals surface area contributed by atoms with Crippen LogP contribution in [0.4, 0.5) is 0 Å². The minimum atomic E-state index is 0.0803. The smallest absolute Gasteiger partial charge is 0.236 e. The van der Waals surface area contributed by atoms with Gasteiger partial charge in [0.05, 0.1) is 6.54 Å². The Hall–Kier alpha value is -0.610. The van der Waals surface area contributed by atoms with Crippen LogP contribution >= 0.6 is 0 Å². The van der Waals surface area contributed by atoms with E-state index in [4.69, 9.17) is 0 Å². The summed E-state index contributed by atoms with van der Waals surface area (Å²) in [6.45, 7) is 15.0. The first-order valence-corrected chi connectivity index (χ1v) is 7.56. The van der Waals surface area contributed by atoms with E-state index in [-0.39, 0.29) is 11.4 Å². The number of rotatable bonds is 7. The summed E-state index contributed by atoms with van der Waals surface area (Å²) in [6, 6.07) is 0. The molecule has 4 nitrogen and oxygen atoms in total. The molecule has 1 aliphatic rings. The zero-order chi connectivity index (χ0) is 14.5. The standard InChI is InChI=1S/C15H31N3O/c1-12(2)9-18(10-13(3)4)14(19)8-17-15(5)6-7-16-11-15/h12-13,16-17H,6-11H2,1-5H3. The van der Waals surface area contributed by atoms with E-state index in [1.807, 2.05) is 4.90 Å². The summed E-state index contributed by atoms with van der Waals surface area (Å²) in [5.41, 5.74) is 0.0803. The van der Waals surface area contributed by atoms with Crippen molar-refractivity contribution in [3.05, 3.63) is 0 Å². The van der Waals surface area contributed by atoms with Crippen LogP contribution in [0.25, 0.3) is 0 Å². The minimum Gasteiger partial charge on any atom is -0.341 e. The van der Waals surface area contributed by atoms with Crippen LogP contribution in [0.15, 0.2) is 0 Å². The molecule has 1 fully saturated rings. The first-order valence-electron chi connectivity index (χ1n) is 7.56. The summed E-state index contributed by atoms with van der Waals surface area (Å²) in [5.74, 6) is 1.27. The van der Waals surface area contributed by atoms with Crippen LogP contribution in [0.3, 0.4) is 0 Å². The van der Waals surface area contributed by atoms with Gasteiger partial charge in [0.25, 0.3) is 0 Å². The Bertz CT molecular complexity index is 273. The van der Waals surface area contributed by atoms with Crippen LogP contribution in [0, 0.1) is 11.8 Å². The summed E-state index contributed by atoms with van der Waals surface area (Å²) in [4.78, 5) is 14.4. The Morgan fingerprint density at radius 2 is 1.84 bits per heavy atom. The topological polar surface area (TPSA) is 44.4 Å². The molecule has 4 heteroatoms. The van der Waals surface area contributed by atoms with Crippen molar-refractivity contribution in [1.82, 2.24) is 15.5 Å². The molecule has 0 aromatic heterocycles. The van der Waals surface area contributed by atoms with Gasteiger partial charge in [-0.1, -0.05) is 27.7 Å². The lowest BCUT2D eigenvalue weighted by Gasteiger charge is -2.29. The summed E-state index contributed by atoms with van der Waals surface area (Å²) >= 11 is 0. The molecule has 1 unspecified atom stereocenters. The molecule has 1 aliphatic heterocycles. The van der Waals surface area contributed by atoms with Crippen molar-refractivity contribution >= 4 is 5.91 Å². The van der Waals surface area contributed by atoms with Gasteiger partial charge in [-0.05, 0) is 31.7 Å². The van der Waals surface area contributed by atoms with Gasteiger partial charge in [0.2, 0.25) is 5.91 Å². The van der Waals surface area contributed by atoms with Crippen molar-refractivity contribution < 1.29 is 4.79 Å². The maximum atomic E-state index is 12.4. The first kappa shape index (κ1) is 16.4. The van der Waals surface area contributed by atoms with E-state index in [0.717, 1.165) is 32.6 Å². The second-order valence-corrected chi connectivity index (χ2v) is 6.93. The summed E-state index contributed by atoms with van der Waals surface area (Å²) < 4.78 is 0. The van der Waals surface area contributed by atoms with Crippen LogP contribution in [0.2, 0.25) is 0 Å². The average molecular weight is 269 g/mol. The second-order valence-electron chi connectivity index (χ2n) is 6.93. The molecule has 0 aliphatic carbocycles. The Kier molecular flexibility index (Phi) is 6.27. The van der Waals surface area contributed by atoms with Gasteiger partial charge in [-0.25, -0.2) is 0 Å². The molecule has 1 rings (SSSR count). The lowest BCUT2D eigenvalue weighted by molar-refractivity contribution is -0.131. The highest BCUT2D eigenvalue weighted by Crippen LogP contribution is 2.13. The second kappa shape index (κ2) is 7.25. The van der Waals surface area contributed by atoms with Crippen molar-refractivity contribution in [3.63, 3.8) is 0 Å². The predicted molar refractivity (Wildman–Crippen MR) is 80.2 cm³/mol. The largest absolute Gasteiger partial charge is 0.341 e. The number of carbonyl (C=O) groups excluding carboxylic acids is 1. The third-order valence-corrected chi connectivity index (χ3v) is 3.56. The quantitative estimate of drug-likeness (QED) is 0.735. The summed E-state index contributed by atoms with van der Waals surface area (Å²) in [7, 11) is 0. The van der Waals surface area contributed by atoms with E-state index in [0.29, 0.717) is 18.4 Å². The SMILES string of the molecule is CC(C)CN(CC(C)C)C(=O)CNC1(C)CCNC1. The predicted octanol–water partition coefficient (Wildman–Crippen LogP) is 1.47. The molecule has 0 radical (unpaired) electrons. The molecule has 112 valence electrons. The highest BCUT2D eigenvalue weighted by Gasteiger charge is 2.29. The van der Waals surface area contributed by atoms with Crippen LogP contribution < -0.4 is 10.6 Å². The number of amides is 1. The van der Waals surface area contributed by atoms with Crippen molar-refractivity contribution in [3.8, 4) is 0 Å². The monoisotopic (exact) mass is 269 g/mol. The maximum Gasteiger partial charge on any atom is 0.236 e. The fourth-order valence-corrected chi connectivity index (χ4v) is 2.53. The molecule has 1 heterocycles. The van der Waals surface area contributed by atoms with E-state index in [9.17, 15) is 4.79 Å². The van der Waals surface area contributed by atoms with Crippen LogP contribution in [-0.2, 0) is 4.79 Å². The molecule has 0 spiro atoms. The number of carbonyl (C=O) groups is 1. The van der Waals surface area contributed by atoms with Crippen LogP contribution in [-0.4, -0.2) is 49.1 Å². The molecule has 19 heavy (non-hydrogen) atoms. The van der Waals surface area contributed by atoms with E-state index >= 15 is 0 Å². The molecule has 0 aromatic rings. The Balaban J connectivity index is 2.46. The van der Waals surface area contributed by atoms with E-state index in [1.165, 1.54) is 0 Å². The Labute approximate surface area is 118 Å². The Morgan fingerprint density at radius 1 is 1.26 bits per heavy atom. The summed E-state index contributed by atoms with van der Waals surface area (Å²) in [5, 5.41) is 6.77. The van der Waals surface area contributed by atoms with E-state index < -0.39 is 0 Å². The third-order valence-electron chi connectivity index (χ3n) is 3.56. The van der Waals surface area contributed by atoms with Crippen molar-refractivity contribution in [2.75, 3.05) is 32.7 Å². The van der Waals surface area contributed by atoms with E-state index in [1.54, 1.807) is 0 Å². The fourth-order valence-electron chi connectivity index (χ4n) is 2.53. The van der Waals surface area contributed by atoms with Crippen LogP contribution in [0.1, 0.15) is 41.0 Å². The molecule has 2 N–H and O–H groups in total. The minimum absolute atomic E-state index is 0.0803. The van der Waals surface area contributed by atoms with Crippen molar-refractivity contribution in [2.24, 2.45) is 11.8 Å². The number of hydrogen-bond donors (Lipinski definition) is 2. The Morgan fingerprint density at radius 3 is 2.26 bits per heavy atom. The number of hydrogen-bond acceptors (Lipinski definition) is 3. The van der Waals surface area contributed by atoms with Gasteiger partial charge in [-0.15, -0.1) is 0 Å². The molecule has 0 bridgehead atoms. The molecule has 0 aromatic carbocycles. The molecular weight excluding hydrogens is 238 g/mol. The van der Waals surface area contributed by atoms with Crippen LogP contribution in [0.5, 0.6) is 0 Å².